The first-order valence-electron chi connectivity index (χ1n) is 8.63. The number of amides is 1. The second-order valence-electron chi connectivity index (χ2n) is 6.22. The number of phenolic OH excluding ortho intramolecular Hbond substituents is 1. The van der Waals surface area contributed by atoms with Gasteiger partial charge in [-0.2, -0.15) is 0 Å². The highest BCUT2D eigenvalue weighted by atomic mass is 35.5. The third-order valence-electron chi connectivity index (χ3n) is 4.28. The number of carbonyl (C=O) groups is 1. The highest BCUT2D eigenvalue weighted by molar-refractivity contribution is 6.37. The minimum absolute atomic E-state index is 0.00710. The summed E-state index contributed by atoms with van der Waals surface area (Å²) < 4.78 is 5.58. The molecule has 0 bridgehead atoms. The molecule has 0 atom stereocenters. The summed E-state index contributed by atoms with van der Waals surface area (Å²) in [6.45, 7) is 2.88. The molecule has 2 aromatic carbocycles. The number of carbonyl (C=O) groups excluding carboxylic acids is 1. The highest BCUT2D eigenvalue weighted by Crippen LogP contribution is 2.36. The number of rotatable bonds is 7. The normalized spacial score (nSPS) is 10.9. The summed E-state index contributed by atoms with van der Waals surface area (Å²) >= 11 is 12.0. The Hall–Kier alpha value is -2.37. The van der Waals surface area contributed by atoms with E-state index in [2.05, 4.69) is 10.3 Å². The Kier molecular flexibility index (Phi) is 6.14. The molecule has 3 N–H and O–H groups in total. The van der Waals surface area contributed by atoms with Crippen LogP contribution in [0.3, 0.4) is 0 Å². The van der Waals surface area contributed by atoms with Crippen molar-refractivity contribution in [2.24, 2.45) is 0 Å². The summed E-state index contributed by atoms with van der Waals surface area (Å²) in [5, 5.41) is 13.9. The molecule has 3 rings (SSSR count). The van der Waals surface area contributed by atoms with E-state index in [1.807, 2.05) is 31.2 Å². The predicted octanol–water partition coefficient (Wildman–Crippen LogP) is 5.08. The Bertz CT molecular complexity index is 946. The molecule has 0 unspecified atom stereocenters. The van der Waals surface area contributed by atoms with Gasteiger partial charge in [0.05, 0.1) is 16.7 Å². The molecular formula is C20H20Cl2N2O3. The van der Waals surface area contributed by atoms with Gasteiger partial charge >= 0.3 is 0 Å². The third-order valence-corrected chi connectivity index (χ3v) is 4.84. The topological polar surface area (TPSA) is 74.3 Å². The number of hydrogen-bond acceptors (Lipinski definition) is 3. The molecule has 0 aliphatic heterocycles. The van der Waals surface area contributed by atoms with Crippen LogP contribution >= 0.6 is 23.2 Å². The number of hydrogen-bond donors (Lipinski definition) is 3. The van der Waals surface area contributed by atoms with Crippen LogP contribution in [0, 0.1) is 6.92 Å². The first kappa shape index (κ1) is 19.4. The summed E-state index contributed by atoms with van der Waals surface area (Å²) in [6.07, 6.45) is 1.47. The number of aromatic amines is 1. The Morgan fingerprint density at radius 3 is 2.59 bits per heavy atom. The average Bonchev–Trinajstić information content (AvgIpc) is 2.96. The van der Waals surface area contributed by atoms with Gasteiger partial charge in [0.2, 0.25) is 0 Å². The van der Waals surface area contributed by atoms with Crippen molar-refractivity contribution < 1.29 is 14.6 Å². The monoisotopic (exact) mass is 406 g/mol. The van der Waals surface area contributed by atoms with Crippen molar-refractivity contribution in [3.8, 4) is 11.5 Å². The number of phenols is 1. The number of halogens is 2. The molecule has 0 radical (unpaired) electrons. The number of aromatic hydroxyl groups is 1. The fourth-order valence-corrected chi connectivity index (χ4v) is 3.47. The van der Waals surface area contributed by atoms with Gasteiger partial charge in [-0.05, 0) is 31.4 Å². The highest BCUT2D eigenvalue weighted by Gasteiger charge is 2.14. The van der Waals surface area contributed by atoms with Crippen LogP contribution in [-0.2, 0) is 0 Å². The number of aryl methyl sites for hydroxylation is 1. The second-order valence-corrected chi connectivity index (χ2v) is 7.03. The standard InChI is InChI=1S/C20H20Cl2N2O3/c1-12-14-6-2-3-7-17(14)24-18(12)20(26)23-8-4-5-9-27-19-15(21)10-13(25)11-16(19)22/h2-3,6-7,10-11,24-25H,4-5,8-9H2,1H3,(H,23,26). The van der Waals surface area contributed by atoms with Crippen LogP contribution < -0.4 is 10.1 Å². The Morgan fingerprint density at radius 1 is 1.19 bits per heavy atom. The summed E-state index contributed by atoms with van der Waals surface area (Å²) in [4.78, 5) is 15.5. The largest absolute Gasteiger partial charge is 0.508 e. The molecule has 1 heterocycles. The maximum atomic E-state index is 12.4. The first-order chi connectivity index (χ1) is 13.0. The lowest BCUT2D eigenvalue weighted by Gasteiger charge is -2.10. The molecular weight excluding hydrogens is 387 g/mol. The van der Waals surface area contributed by atoms with E-state index >= 15 is 0 Å². The Labute approximate surface area is 167 Å². The molecule has 7 heteroatoms. The van der Waals surface area contributed by atoms with Crippen LogP contribution in [0.25, 0.3) is 10.9 Å². The number of fused-ring (bicyclic) bond motifs is 1. The van der Waals surface area contributed by atoms with Crippen molar-refractivity contribution in [2.75, 3.05) is 13.2 Å². The summed E-state index contributed by atoms with van der Waals surface area (Å²) in [5.41, 5.74) is 2.49. The van der Waals surface area contributed by atoms with Gasteiger partial charge in [0.15, 0.2) is 5.75 Å². The summed E-state index contributed by atoms with van der Waals surface area (Å²) in [5.74, 6) is 0.232. The van der Waals surface area contributed by atoms with Crippen LogP contribution in [-0.4, -0.2) is 29.1 Å². The zero-order valence-corrected chi connectivity index (χ0v) is 16.3. The van der Waals surface area contributed by atoms with Crippen molar-refractivity contribution in [1.82, 2.24) is 10.3 Å². The molecule has 0 aliphatic carbocycles. The second kappa shape index (κ2) is 8.55. The van der Waals surface area contributed by atoms with Crippen LogP contribution in [0.4, 0.5) is 0 Å². The Balaban J connectivity index is 1.45. The maximum Gasteiger partial charge on any atom is 0.268 e. The van der Waals surface area contributed by atoms with Crippen molar-refractivity contribution in [1.29, 1.82) is 0 Å². The molecule has 0 spiro atoms. The van der Waals surface area contributed by atoms with Gasteiger partial charge in [-0.15, -0.1) is 0 Å². The van der Waals surface area contributed by atoms with E-state index in [9.17, 15) is 9.90 Å². The smallest absolute Gasteiger partial charge is 0.268 e. The van der Waals surface area contributed by atoms with Gasteiger partial charge in [-0.3, -0.25) is 4.79 Å². The summed E-state index contributed by atoms with van der Waals surface area (Å²) in [6, 6.07) is 10.6. The maximum absolute atomic E-state index is 12.4. The number of nitrogens with one attached hydrogen (secondary N) is 2. The van der Waals surface area contributed by atoms with Crippen molar-refractivity contribution in [2.45, 2.75) is 19.8 Å². The lowest BCUT2D eigenvalue weighted by atomic mass is 10.1. The van der Waals surface area contributed by atoms with Crippen molar-refractivity contribution in [3.05, 3.63) is 57.7 Å². The number of para-hydroxylation sites is 1. The molecule has 0 aliphatic rings. The number of aromatic nitrogens is 1. The number of unbranched alkanes of at least 4 members (excludes halogenated alkanes) is 1. The minimum Gasteiger partial charge on any atom is -0.508 e. The fourth-order valence-electron chi connectivity index (χ4n) is 2.89. The van der Waals surface area contributed by atoms with E-state index in [0.29, 0.717) is 24.6 Å². The van der Waals surface area contributed by atoms with E-state index in [-0.39, 0.29) is 21.7 Å². The molecule has 0 fully saturated rings. The van der Waals surface area contributed by atoms with Gasteiger partial charge in [0.25, 0.3) is 5.91 Å². The molecule has 142 valence electrons. The molecule has 1 amide bonds. The molecule has 1 aromatic heterocycles. The van der Waals surface area contributed by atoms with E-state index in [0.717, 1.165) is 29.3 Å². The SMILES string of the molecule is Cc1c(C(=O)NCCCCOc2c(Cl)cc(O)cc2Cl)[nH]c2ccccc12. The van der Waals surface area contributed by atoms with Gasteiger partial charge in [-0.1, -0.05) is 41.4 Å². The first-order valence-corrected chi connectivity index (χ1v) is 9.39. The zero-order valence-electron chi connectivity index (χ0n) is 14.8. The van der Waals surface area contributed by atoms with Crippen LogP contribution in [0.15, 0.2) is 36.4 Å². The van der Waals surface area contributed by atoms with Crippen molar-refractivity contribution in [3.63, 3.8) is 0 Å². The van der Waals surface area contributed by atoms with Gasteiger partial charge in [0, 0.05) is 29.6 Å². The lowest BCUT2D eigenvalue weighted by molar-refractivity contribution is 0.0947. The molecule has 3 aromatic rings. The molecule has 0 saturated carbocycles. The number of ether oxygens (including phenoxy) is 1. The number of benzene rings is 2. The quantitative estimate of drug-likeness (QED) is 0.479. The Morgan fingerprint density at radius 2 is 1.89 bits per heavy atom. The fraction of sp³-hybridized carbons (Fsp3) is 0.250. The van der Waals surface area contributed by atoms with E-state index < -0.39 is 0 Å². The predicted molar refractivity (Wildman–Crippen MR) is 108 cm³/mol. The van der Waals surface area contributed by atoms with Crippen LogP contribution in [0.2, 0.25) is 10.0 Å². The van der Waals surface area contributed by atoms with E-state index in [1.165, 1.54) is 12.1 Å². The average molecular weight is 407 g/mol. The third kappa shape index (κ3) is 4.49. The molecule has 0 saturated heterocycles. The van der Waals surface area contributed by atoms with Gasteiger partial charge < -0.3 is 20.1 Å². The number of H-pyrrole nitrogens is 1. The van der Waals surface area contributed by atoms with Crippen LogP contribution in [0.5, 0.6) is 11.5 Å². The zero-order chi connectivity index (χ0) is 19.4. The van der Waals surface area contributed by atoms with Crippen molar-refractivity contribution >= 4 is 40.0 Å². The van der Waals surface area contributed by atoms with E-state index in [1.54, 1.807) is 0 Å². The van der Waals surface area contributed by atoms with Gasteiger partial charge in [-0.25, -0.2) is 0 Å². The summed E-state index contributed by atoms with van der Waals surface area (Å²) in [7, 11) is 0. The van der Waals surface area contributed by atoms with E-state index in [4.69, 9.17) is 27.9 Å². The minimum atomic E-state index is -0.116. The van der Waals surface area contributed by atoms with Crippen LogP contribution in [0.1, 0.15) is 28.9 Å². The molecule has 27 heavy (non-hydrogen) atoms. The molecule has 5 nitrogen and oxygen atoms in total. The lowest BCUT2D eigenvalue weighted by Crippen LogP contribution is -2.25. The van der Waals surface area contributed by atoms with Gasteiger partial charge in [0.1, 0.15) is 11.4 Å².